The standard InChI is InChI=1S/C83H118FN15O24S2Si/c1-45(101)67(79(117)96-62(43-125)78(116)99-68(46(2)102)81(118)119)98-73(111)56(21-15-16-30-85)92-76(114)59(35-51-38-86-55-20-14-13-19-54(51)55)94-75(113)58(34-49-22-26-52(104)27-23-49)93-77(115)61(42-124)95-74(112)57(33-48-17-11-10-12-18-48)90-65(106)40-120-31-32-121-44-87-72(110)60(36-64(105)97-80-69(89-47(3)103)71(109)70(108)63(39-100)123-80)91-66(107)41-122-88-37-50-24-28-53(29-25-50)126(84,82(4,5)6)83(7,8)9/h10-14,17-20,22-29,37-38,45-46,56-63,67-71,80,86,100-102,104,108-109,124-125H,15-16,21,30-36,39-44,85H2,1-9H3,(H,87,110)(H,89,103)(H,90,106)(H,91,107)(H,92,114)(H,93,115)(H,94,113)(H,95,112)(H,96,117)(H,97,105)(H,98,111)(H,99,116)(H,118,119)/b88-37+/t45-,46-,56+,57-,58+,59-,60-,61+,62+,63-,67+,68+,69-,70-,71-,80-/m1/s1/i84-1. The zero-order valence-electron chi connectivity index (χ0n) is 71.4. The Morgan fingerprint density at radius 3 is 1.67 bits per heavy atom. The molecule has 0 bridgehead atoms. The number of halogens is 1. The number of rotatable bonds is 49. The number of carbonyl (C=O) groups excluding carboxylic acids is 12. The summed E-state index contributed by atoms with van der Waals surface area (Å²) in [5.41, 5.74) is 8.41. The van der Waals surface area contributed by atoms with Crippen LogP contribution in [0.25, 0.3) is 10.9 Å². The van der Waals surface area contributed by atoms with Crippen LogP contribution in [0.15, 0.2) is 114 Å². The largest absolute Gasteiger partial charge is 0.508 e. The van der Waals surface area contributed by atoms with Gasteiger partial charge in [-0.2, -0.15) is 25.3 Å². The van der Waals surface area contributed by atoms with Gasteiger partial charge in [0.05, 0.1) is 44.7 Å². The first-order valence-corrected chi connectivity index (χ1v) is 43.8. The number of H-pyrrole nitrogens is 1. The summed E-state index contributed by atoms with van der Waals surface area (Å²) in [5.74, 6) is -14.1. The van der Waals surface area contributed by atoms with Crippen molar-refractivity contribution in [1.82, 2.24) is 68.8 Å². The van der Waals surface area contributed by atoms with Gasteiger partial charge in [-0.1, -0.05) is 132 Å². The summed E-state index contributed by atoms with van der Waals surface area (Å²) < 4.78 is 33.6. The number of amides is 12. The molecule has 4 aromatic carbocycles. The quantitative estimate of drug-likeness (QED) is 0.00362. The molecule has 16 atom stereocenters. The number of aliphatic carboxylic acids is 1. The topological polar surface area (TPSA) is 599 Å². The maximum atomic E-state index is 16.9. The Hall–Kier alpha value is -10.7. The Kier molecular flexibility index (Phi) is 41.3. The number of hydrogen-bond donors (Lipinski definition) is 23. The highest BCUT2D eigenvalue weighted by atomic mass is 32.1. The summed E-state index contributed by atoms with van der Waals surface area (Å²) in [6, 6.07) is 11.7. The summed E-state index contributed by atoms with van der Waals surface area (Å²) >= 11 is 8.50. The van der Waals surface area contributed by atoms with Crippen molar-refractivity contribution in [3.8, 4) is 5.75 Å². The van der Waals surface area contributed by atoms with Gasteiger partial charge in [-0.15, -0.1) is 0 Å². The van der Waals surface area contributed by atoms with Crippen LogP contribution in [-0.4, -0.2) is 287 Å². The fraction of sp³-hybridized carbons (Fsp3) is 0.518. The Morgan fingerprint density at radius 2 is 1.10 bits per heavy atom. The molecule has 22 N–H and O–H groups in total. The molecular weight excluding hydrogens is 1700 g/mol. The summed E-state index contributed by atoms with van der Waals surface area (Å²) in [6.45, 7) is 11.3. The van der Waals surface area contributed by atoms with Crippen molar-refractivity contribution in [2.45, 2.75) is 215 Å². The van der Waals surface area contributed by atoms with Crippen LogP contribution < -0.4 is 74.7 Å². The van der Waals surface area contributed by atoms with Gasteiger partial charge in [-0.3, -0.25) is 57.5 Å². The van der Waals surface area contributed by atoms with E-state index in [0.717, 1.165) is 20.8 Å². The third-order valence-corrected chi connectivity index (χ3v) is 26.4. The minimum absolute atomic E-state index is 0.127. The van der Waals surface area contributed by atoms with Crippen LogP contribution >= 0.6 is 25.3 Å². The maximum Gasteiger partial charge on any atom is 0.328 e. The number of ether oxygens (including phenoxy) is 3. The fourth-order valence-electron chi connectivity index (χ4n) is 14.0. The highest BCUT2D eigenvalue weighted by molar-refractivity contribution is 7.80. The molecule has 1 saturated heterocycles. The molecule has 1 aliphatic rings. The molecule has 126 heavy (non-hydrogen) atoms. The van der Waals surface area contributed by atoms with E-state index in [9.17, 15) is 93.3 Å². The number of aliphatic hydroxyl groups excluding tert-OH is 5. The lowest BCUT2D eigenvalue weighted by Crippen LogP contribution is -2.68. The number of carboxylic acid groups (broad SMARTS) is 1. The Balaban J connectivity index is 1.13. The smallest absolute Gasteiger partial charge is 0.328 e. The van der Waals surface area contributed by atoms with Gasteiger partial charge in [0.15, 0.2) is 18.9 Å². The minimum atomic E-state index is -3.59. The number of hydrogen-bond acceptors (Lipinski definition) is 27. The molecule has 6 rings (SSSR count). The molecule has 0 spiro atoms. The molecule has 1 aliphatic heterocycles. The van der Waals surface area contributed by atoms with Crippen molar-refractivity contribution < 1.29 is 121 Å². The Morgan fingerprint density at radius 1 is 0.587 bits per heavy atom. The molecule has 39 nitrogen and oxygen atoms in total. The van der Waals surface area contributed by atoms with Gasteiger partial charge >= 0.3 is 5.97 Å². The number of aromatic nitrogens is 1. The number of nitrogens with two attached hydrogens (primary N) is 1. The second kappa shape index (κ2) is 50.0. The molecule has 1 fully saturated rings. The molecule has 0 saturated carbocycles. The predicted molar refractivity (Wildman–Crippen MR) is 467 cm³/mol. The van der Waals surface area contributed by atoms with E-state index in [2.05, 4.69) is 99.2 Å². The van der Waals surface area contributed by atoms with Gasteiger partial charge < -0.3 is 133 Å². The number of para-hydroxylation sites is 1. The number of phenolic OH excluding ortho intramolecular Hbond substituents is 1. The highest BCUT2D eigenvalue weighted by Crippen LogP contribution is 2.51. The Labute approximate surface area is 739 Å². The van der Waals surface area contributed by atoms with Crippen molar-refractivity contribution >= 4 is 133 Å². The van der Waals surface area contributed by atoms with E-state index in [0.29, 0.717) is 44.8 Å². The van der Waals surface area contributed by atoms with E-state index in [1.54, 1.807) is 85.1 Å². The second-order valence-electron chi connectivity index (χ2n) is 32.3. The van der Waals surface area contributed by atoms with Gasteiger partial charge in [-0.25, -0.2) is 4.79 Å². The van der Waals surface area contributed by atoms with Gasteiger partial charge in [0.1, 0.15) is 91.8 Å². The van der Waals surface area contributed by atoms with Crippen molar-refractivity contribution in [2.24, 2.45) is 10.9 Å². The van der Waals surface area contributed by atoms with E-state index in [1.165, 1.54) is 30.5 Å². The first-order chi connectivity index (χ1) is 59.5. The molecule has 0 aliphatic carbocycles. The molecule has 0 unspecified atom stereocenters. The van der Waals surface area contributed by atoms with Gasteiger partial charge in [-0.05, 0) is 95.4 Å². The van der Waals surface area contributed by atoms with Crippen molar-refractivity contribution in [3.05, 3.63) is 132 Å². The number of nitrogens with one attached hydrogen (secondary N) is 13. The molecule has 0 radical (unpaired) electrons. The van der Waals surface area contributed by atoms with Crippen LogP contribution in [0.3, 0.4) is 0 Å². The van der Waals surface area contributed by atoms with Crippen molar-refractivity contribution in [2.75, 3.05) is 57.8 Å². The highest BCUT2D eigenvalue weighted by Gasteiger charge is 2.57. The normalized spacial score (nSPS) is 18.0. The summed E-state index contributed by atoms with van der Waals surface area (Å²) in [7, 11) is -3.59. The third-order valence-electron chi connectivity index (χ3n) is 20.4. The first kappa shape index (κ1) is 104. The number of aliphatic hydroxyl groups is 5. The number of unbranched alkanes of at least 4 members (excludes halogenated alkanes) is 1. The van der Waals surface area contributed by atoms with E-state index < -0.39 is 237 Å². The molecule has 12 amide bonds. The monoisotopic (exact) mass is 1820 g/mol. The van der Waals surface area contributed by atoms with Crippen LogP contribution in [0.4, 0.5) is 4.11 Å². The van der Waals surface area contributed by atoms with Crippen molar-refractivity contribution in [3.63, 3.8) is 0 Å². The van der Waals surface area contributed by atoms with Crippen LogP contribution in [0.5, 0.6) is 5.75 Å². The average molecular weight is 1820 g/mol. The number of benzene rings is 4. The Bertz CT molecular complexity index is 4500. The molecule has 692 valence electrons. The minimum Gasteiger partial charge on any atom is -0.508 e. The lowest BCUT2D eigenvalue weighted by molar-refractivity contribution is -0.203. The molecular formula is C83H118FN15O24S2Si. The molecule has 2 heterocycles. The number of nitrogens with zero attached hydrogens (tertiary/aromatic N) is 1. The summed E-state index contributed by atoms with van der Waals surface area (Å²) in [4.78, 5) is 187. The zero-order chi connectivity index (χ0) is 93.3. The average Bonchev–Trinajstić information content (AvgIpc) is 0.861. The lowest BCUT2D eigenvalue weighted by atomic mass is 9.95. The van der Waals surface area contributed by atoms with Gasteiger partial charge in [0, 0.05) is 54.8 Å². The molecule has 43 heteroatoms. The van der Waals surface area contributed by atoms with Crippen LogP contribution in [0, 0.1) is 0 Å². The first-order valence-electron chi connectivity index (χ1n) is 40.7. The van der Waals surface area contributed by atoms with E-state index >= 15 is 8.90 Å². The summed E-state index contributed by atoms with van der Waals surface area (Å²) in [5, 5.41) is 105. The van der Waals surface area contributed by atoms with E-state index in [1.807, 2.05) is 41.5 Å². The lowest BCUT2D eigenvalue weighted by Gasteiger charge is -2.44. The SMILES string of the molecule is CC(=O)N[C@@H]1[C@@H](O)[C@H](O)[C@@H](CO)O[C@H]1NC(=O)C[C@@H](NC(=O)CO/N=C/c1ccc([Si]([18F])(C(C)(C)C)C(C)(C)C)cc1)C(=O)NCOCCOCC(=O)N[C@H](Cc1ccccc1)C(=O)N[C@@H](CS)C(=O)N[C@@H](Cc1ccc(O)cc1)C(=O)N[C@H](Cc1c[nH]c2ccccc12)C(=O)N[C@@H](CCCCN)C(=O)N[C@H](C(=O)N[C@@H](CS)C(=O)N[C@H](C(=O)O)[C@@H](C)O)[C@@H](C)O. The van der Waals surface area contributed by atoms with Gasteiger partial charge in [0.25, 0.3) is 14.3 Å². The van der Waals surface area contributed by atoms with Crippen molar-refractivity contribution in [1.29, 1.82) is 0 Å². The van der Waals surface area contributed by atoms with E-state index in [4.69, 9.17) is 24.8 Å². The number of phenols is 1. The van der Waals surface area contributed by atoms with E-state index in [-0.39, 0.29) is 57.6 Å². The summed E-state index contributed by atoms with van der Waals surface area (Å²) in [6.07, 6.45) is -7.95. The number of carbonyl (C=O) groups is 13. The number of thiol groups is 2. The fourth-order valence-corrected chi connectivity index (χ4v) is 19.1. The number of aromatic hydroxyl groups is 1. The molecule has 5 aromatic rings. The van der Waals surface area contributed by atoms with Crippen LogP contribution in [-0.2, 0) is 101 Å². The number of oxime groups is 1. The number of aromatic amines is 1. The van der Waals surface area contributed by atoms with Crippen LogP contribution in [0.2, 0.25) is 10.1 Å². The number of carboxylic acids is 1. The third kappa shape index (κ3) is 31.4. The second-order valence-corrected chi connectivity index (χ2v) is 37.9. The van der Waals surface area contributed by atoms with Crippen LogP contribution in [0.1, 0.15) is 110 Å². The maximum absolute atomic E-state index is 16.9. The van der Waals surface area contributed by atoms with Gasteiger partial charge in [0.2, 0.25) is 65.0 Å². The zero-order valence-corrected chi connectivity index (χ0v) is 74.2. The molecule has 1 aromatic heterocycles. The number of fused-ring (bicyclic) bond motifs is 1. The predicted octanol–water partition coefficient (Wildman–Crippen LogP) is -2.57.